The first kappa shape index (κ1) is 12.8. The van der Waals surface area contributed by atoms with Crippen molar-refractivity contribution in [3.8, 4) is 12.3 Å². The summed E-state index contributed by atoms with van der Waals surface area (Å²) in [7, 11) is 0. The van der Waals surface area contributed by atoms with Crippen LogP contribution in [0.25, 0.3) is 0 Å². The predicted octanol–water partition coefficient (Wildman–Crippen LogP) is 3.31. The van der Waals surface area contributed by atoms with Gasteiger partial charge in [0.15, 0.2) is 0 Å². The Morgan fingerprint density at radius 1 is 1.25 bits per heavy atom. The molecule has 1 N–H and O–H groups in total. The van der Waals surface area contributed by atoms with E-state index < -0.39 is 0 Å². The van der Waals surface area contributed by atoms with E-state index >= 15 is 0 Å². The molecule has 1 aromatic carbocycles. The summed E-state index contributed by atoms with van der Waals surface area (Å²) in [6.07, 6.45) is 6.37. The Labute approximate surface area is 99.3 Å². The van der Waals surface area contributed by atoms with Gasteiger partial charge < -0.3 is 0 Å². The smallest absolute Gasteiger partial charge is 0.0686 e. The Kier molecular flexibility index (Phi) is 5.08. The van der Waals surface area contributed by atoms with Crippen molar-refractivity contribution >= 4 is 0 Å². The third kappa shape index (κ3) is 3.72. The molecule has 0 aliphatic heterocycles. The maximum atomic E-state index is 5.40. The lowest BCUT2D eigenvalue weighted by Crippen LogP contribution is -2.26. The van der Waals surface area contributed by atoms with Crippen LogP contribution in [0.5, 0.6) is 0 Å². The van der Waals surface area contributed by atoms with E-state index in [1.54, 1.807) is 0 Å². The SMILES string of the molecule is C#CC(CC)NCc1ccc(C(C)C)cc1. The van der Waals surface area contributed by atoms with Crippen LogP contribution >= 0.6 is 0 Å². The van der Waals surface area contributed by atoms with Crippen molar-refractivity contribution in [1.29, 1.82) is 0 Å². The van der Waals surface area contributed by atoms with Crippen molar-refractivity contribution < 1.29 is 0 Å². The first-order valence-corrected chi connectivity index (χ1v) is 5.95. The van der Waals surface area contributed by atoms with Crippen LogP contribution in [0.1, 0.15) is 44.2 Å². The van der Waals surface area contributed by atoms with Crippen molar-refractivity contribution in [2.24, 2.45) is 0 Å². The maximum absolute atomic E-state index is 5.40. The number of benzene rings is 1. The Balaban J connectivity index is 2.53. The van der Waals surface area contributed by atoms with E-state index in [1.165, 1.54) is 11.1 Å². The molecule has 1 nitrogen and oxygen atoms in total. The highest BCUT2D eigenvalue weighted by Crippen LogP contribution is 2.14. The molecule has 0 aromatic heterocycles. The van der Waals surface area contributed by atoms with Gasteiger partial charge in [0, 0.05) is 6.54 Å². The highest BCUT2D eigenvalue weighted by Gasteiger charge is 2.02. The Hall–Kier alpha value is -1.26. The Morgan fingerprint density at radius 3 is 2.31 bits per heavy atom. The van der Waals surface area contributed by atoms with Gasteiger partial charge in [-0.3, -0.25) is 5.32 Å². The zero-order valence-electron chi connectivity index (χ0n) is 10.5. The van der Waals surface area contributed by atoms with E-state index in [9.17, 15) is 0 Å². The van der Waals surface area contributed by atoms with Gasteiger partial charge in [-0.05, 0) is 23.5 Å². The molecule has 1 heteroatoms. The van der Waals surface area contributed by atoms with Crippen LogP contribution in [0.2, 0.25) is 0 Å². The van der Waals surface area contributed by atoms with Gasteiger partial charge in [-0.25, -0.2) is 0 Å². The van der Waals surface area contributed by atoms with Crippen LogP contribution in [-0.2, 0) is 6.54 Å². The molecule has 1 rings (SSSR count). The third-order valence-corrected chi connectivity index (χ3v) is 2.81. The third-order valence-electron chi connectivity index (χ3n) is 2.81. The summed E-state index contributed by atoms with van der Waals surface area (Å²) >= 11 is 0. The lowest BCUT2D eigenvalue weighted by atomic mass is 10.0. The summed E-state index contributed by atoms with van der Waals surface area (Å²) in [6.45, 7) is 7.36. The number of hydrogen-bond donors (Lipinski definition) is 1. The van der Waals surface area contributed by atoms with Crippen molar-refractivity contribution in [3.63, 3.8) is 0 Å². The minimum absolute atomic E-state index is 0.185. The van der Waals surface area contributed by atoms with Gasteiger partial charge in [-0.1, -0.05) is 51.0 Å². The summed E-state index contributed by atoms with van der Waals surface area (Å²) in [5, 5.41) is 3.35. The molecule has 0 aliphatic carbocycles. The van der Waals surface area contributed by atoms with E-state index in [-0.39, 0.29) is 6.04 Å². The minimum Gasteiger partial charge on any atom is -0.300 e. The summed E-state index contributed by atoms with van der Waals surface area (Å²) < 4.78 is 0. The average molecular weight is 215 g/mol. The summed E-state index contributed by atoms with van der Waals surface area (Å²) in [5.74, 6) is 3.33. The van der Waals surface area contributed by atoms with E-state index in [0.29, 0.717) is 5.92 Å². The lowest BCUT2D eigenvalue weighted by Gasteiger charge is -2.11. The molecule has 0 aliphatic rings. The molecular weight excluding hydrogens is 194 g/mol. The van der Waals surface area contributed by atoms with Gasteiger partial charge in [0.1, 0.15) is 0 Å². The van der Waals surface area contributed by atoms with Crippen molar-refractivity contribution in [3.05, 3.63) is 35.4 Å². The molecule has 16 heavy (non-hydrogen) atoms. The highest BCUT2D eigenvalue weighted by atomic mass is 14.9. The topological polar surface area (TPSA) is 12.0 Å². The number of hydrogen-bond acceptors (Lipinski definition) is 1. The first-order chi connectivity index (χ1) is 7.67. The number of rotatable bonds is 5. The van der Waals surface area contributed by atoms with Crippen molar-refractivity contribution in [2.75, 3.05) is 0 Å². The van der Waals surface area contributed by atoms with Crippen LogP contribution in [-0.4, -0.2) is 6.04 Å². The first-order valence-electron chi connectivity index (χ1n) is 5.95. The maximum Gasteiger partial charge on any atom is 0.0686 e. The molecule has 0 radical (unpaired) electrons. The second kappa shape index (κ2) is 6.35. The van der Waals surface area contributed by atoms with Crippen LogP contribution in [0.3, 0.4) is 0 Å². The fraction of sp³-hybridized carbons (Fsp3) is 0.467. The zero-order chi connectivity index (χ0) is 12.0. The molecule has 0 fully saturated rings. The Morgan fingerprint density at radius 2 is 1.88 bits per heavy atom. The molecule has 1 aromatic rings. The van der Waals surface area contributed by atoms with Crippen molar-refractivity contribution in [1.82, 2.24) is 5.32 Å². The predicted molar refractivity (Wildman–Crippen MR) is 70.3 cm³/mol. The van der Waals surface area contributed by atoms with Crippen molar-refractivity contribution in [2.45, 2.75) is 45.7 Å². The van der Waals surface area contributed by atoms with Gasteiger partial charge in [0.25, 0.3) is 0 Å². The number of nitrogens with one attached hydrogen (secondary N) is 1. The van der Waals surface area contributed by atoms with E-state index in [1.807, 2.05) is 0 Å². The lowest BCUT2D eigenvalue weighted by molar-refractivity contribution is 0.592. The highest BCUT2D eigenvalue weighted by molar-refractivity contribution is 5.24. The Bertz CT molecular complexity index is 343. The summed E-state index contributed by atoms with van der Waals surface area (Å²) in [6, 6.07) is 8.92. The fourth-order valence-corrected chi connectivity index (χ4v) is 1.58. The van der Waals surface area contributed by atoms with Crippen LogP contribution in [0.4, 0.5) is 0 Å². The van der Waals surface area contributed by atoms with Gasteiger partial charge >= 0.3 is 0 Å². The molecule has 1 atom stereocenters. The van der Waals surface area contributed by atoms with Gasteiger partial charge in [0.05, 0.1) is 6.04 Å². The molecular formula is C15H21N. The van der Waals surface area contributed by atoms with Gasteiger partial charge in [0.2, 0.25) is 0 Å². The molecule has 0 saturated heterocycles. The van der Waals surface area contributed by atoms with Crippen LogP contribution in [0.15, 0.2) is 24.3 Å². The molecule has 0 heterocycles. The second-order valence-electron chi connectivity index (χ2n) is 4.40. The monoisotopic (exact) mass is 215 g/mol. The molecule has 1 unspecified atom stereocenters. The minimum atomic E-state index is 0.185. The van der Waals surface area contributed by atoms with Gasteiger partial charge in [-0.15, -0.1) is 6.42 Å². The van der Waals surface area contributed by atoms with E-state index in [4.69, 9.17) is 6.42 Å². The molecule has 0 amide bonds. The molecule has 0 bridgehead atoms. The number of terminal acetylenes is 1. The second-order valence-corrected chi connectivity index (χ2v) is 4.40. The van der Waals surface area contributed by atoms with E-state index in [2.05, 4.69) is 56.3 Å². The summed E-state index contributed by atoms with van der Waals surface area (Å²) in [4.78, 5) is 0. The quantitative estimate of drug-likeness (QED) is 0.743. The van der Waals surface area contributed by atoms with Gasteiger partial charge in [-0.2, -0.15) is 0 Å². The average Bonchev–Trinajstić information content (AvgIpc) is 2.31. The molecule has 0 spiro atoms. The fourth-order valence-electron chi connectivity index (χ4n) is 1.58. The summed E-state index contributed by atoms with van der Waals surface area (Å²) in [5.41, 5.74) is 2.67. The normalized spacial score (nSPS) is 12.4. The van der Waals surface area contributed by atoms with Crippen LogP contribution < -0.4 is 5.32 Å². The van der Waals surface area contributed by atoms with Crippen LogP contribution in [0, 0.1) is 12.3 Å². The molecule has 86 valence electrons. The standard InChI is InChI=1S/C15H21N/c1-5-15(6-2)16-11-13-7-9-14(10-8-13)12(3)4/h1,7-10,12,15-16H,6,11H2,2-4H3. The molecule has 0 saturated carbocycles. The van der Waals surface area contributed by atoms with E-state index in [0.717, 1.165) is 13.0 Å². The zero-order valence-corrected chi connectivity index (χ0v) is 10.5. The largest absolute Gasteiger partial charge is 0.300 e.